The highest BCUT2D eigenvalue weighted by Crippen LogP contribution is 2.29. The van der Waals surface area contributed by atoms with Crippen LogP contribution in [0.25, 0.3) is 22.0 Å². The number of aromatic amines is 1. The lowest BCUT2D eigenvalue weighted by molar-refractivity contribution is 0.0907. The largest absolute Gasteiger partial charge is 0.348 e. The van der Waals surface area contributed by atoms with Crippen molar-refractivity contribution in [3.05, 3.63) is 36.0 Å². The number of nitrogens with one attached hydrogen (secondary N) is 2. The van der Waals surface area contributed by atoms with Crippen molar-refractivity contribution >= 4 is 16.8 Å². The molecule has 1 aliphatic carbocycles. The van der Waals surface area contributed by atoms with Crippen molar-refractivity contribution in [1.82, 2.24) is 25.3 Å². The van der Waals surface area contributed by atoms with Crippen LogP contribution in [0.1, 0.15) is 43.1 Å². The fraction of sp³-hybridized carbons (Fsp3) is 0.421. The average Bonchev–Trinajstić information content (AvgIpc) is 3.22. The average molecular weight is 355 g/mol. The molecule has 1 saturated carbocycles. The molecular weight excluding hydrogens is 333 g/mol. The molecule has 0 radical (unpaired) electrons. The van der Waals surface area contributed by atoms with E-state index in [1.165, 1.54) is 12.5 Å². The summed E-state index contributed by atoms with van der Waals surface area (Å²) in [5, 5.41) is 14.7. The first kappa shape index (κ1) is 16.8. The molecule has 26 heavy (non-hydrogen) atoms. The summed E-state index contributed by atoms with van der Waals surface area (Å²) in [6.45, 7) is 2.17. The van der Waals surface area contributed by atoms with Gasteiger partial charge in [-0.2, -0.15) is 10.2 Å². The zero-order valence-corrected chi connectivity index (χ0v) is 14.9. The first-order valence-electron chi connectivity index (χ1n) is 9.00. The van der Waals surface area contributed by atoms with Crippen molar-refractivity contribution in [1.29, 1.82) is 0 Å². The minimum Gasteiger partial charge on any atom is -0.348 e. The Labute approximate surface area is 150 Å². The summed E-state index contributed by atoms with van der Waals surface area (Å²) < 4.78 is 16.1. The number of aryl methyl sites for hydroxylation is 1. The van der Waals surface area contributed by atoms with Crippen LogP contribution in [0.3, 0.4) is 0 Å². The molecule has 6 nitrogen and oxygen atoms in total. The smallest absolute Gasteiger partial charge is 0.272 e. The molecule has 1 fully saturated rings. The Morgan fingerprint density at radius 1 is 1.35 bits per heavy atom. The molecular formula is C19H22FN5O. The number of aromatic nitrogens is 4. The lowest BCUT2D eigenvalue weighted by atomic mass is 9.86. The highest BCUT2D eigenvalue weighted by atomic mass is 19.1. The number of H-pyrrole nitrogens is 1. The molecule has 1 aromatic carbocycles. The van der Waals surface area contributed by atoms with E-state index in [4.69, 9.17) is 0 Å². The van der Waals surface area contributed by atoms with E-state index in [-0.39, 0.29) is 17.8 Å². The Morgan fingerprint density at radius 3 is 2.88 bits per heavy atom. The number of hydrogen-bond acceptors (Lipinski definition) is 3. The van der Waals surface area contributed by atoms with Crippen LogP contribution < -0.4 is 5.32 Å². The van der Waals surface area contributed by atoms with Gasteiger partial charge in [0.05, 0.1) is 11.7 Å². The molecule has 1 aliphatic rings. The number of halogens is 1. The molecule has 0 unspecified atom stereocenters. The van der Waals surface area contributed by atoms with Gasteiger partial charge in [-0.1, -0.05) is 19.8 Å². The molecule has 2 aromatic heterocycles. The number of fused-ring (bicyclic) bond motifs is 1. The second kappa shape index (κ2) is 6.55. The summed E-state index contributed by atoms with van der Waals surface area (Å²) in [5.41, 5.74) is 1.90. The molecule has 0 spiro atoms. The number of carbonyl (C=O) groups excluding carboxylic acids is 1. The SMILES string of the molecule is C[C@@H]1CCCC[C@H]1NC(=O)c1n[nH]c2cc(F)c(-c3cnn(C)c3)cc12. The molecule has 2 heterocycles. The molecule has 2 N–H and O–H groups in total. The van der Waals surface area contributed by atoms with Crippen LogP contribution in [0.2, 0.25) is 0 Å². The maximum atomic E-state index is 14.5. The lowest BCUT2D eigenvalue weighted by Crippen LogP contribution is -2.41. The van der Waals surface area contributed by atoms with E-state index in [1.54, 1.807) is 30.2 Å². The highest BCUT2D eigenvalue weighted by Gasteiger charge is 2.25. The van der Waals surface area contributed by atoms with Crippen LogP contribution in [-0.2, 0) is 7.05 Å². The van der Waals surface area contributed by atoms with Gasteiger partial charge in [-0.15, -0.1) is 0 Å². The minimum atomic E-state index is -0.373. The van der Waals surface area contributed by atoms with E-state index in [2.05, 4.69) is 27.5 Å². The molecule has 3 aromatic rings. The van der Waals surface area contributed by atoms with Crippen LogP contribution in [0, 0.1) is 11.7 Å². The molecule has 136 valence electrons. The van der Waals surface area contributed by atoms with Gasteiger partial charge in [0.2, 0.25) is 0 Å². The molecule has 1 amide bonds. The number of rotatable bonds is 3. The highest BCUT2D eigenvalue weighted by molar-refractivity contribution is 6.05. The van der Waals surface area contributed by atoms with E-state index in [9.17, 15) is 9.18 Å². The van der Waals surface area contributed by atoms with Gasteiger partial charge in [0.15, 0.2) is 5.69 Å². The third-order valence-electron chi connectivity index (χ3n) is 5.31. The van der Waals surface area contributed by atoms with Crippen LogP contribution in [0.15, 0.2) is 24.5 Å². The first-order chi connectivity index (χ1) is 12.5. The number of hydrogen-bond donors (Lipinski definition) is 2. The van der Waals surface area contributed by atoms with Crippen LogP contribution in [0.5, 0.6) is 0 Å². The second-order valence-electron chi connectivity index (χ2n) is 7.19. The lowest BCUT2D eigenvalue weighted by Gasteiger charge is -2.29. The van der Waals surface area contributed by atoms with Crippen molar-refractivity contribution in [3.63, 3.8) is 0 Å². The van der Waals surface area contributed by atoms with E-state index in [0.29, 0.717) is 33.6 Å². The van der Waals surface area contributed by atoms with Crippen molar-refractivity contribution in [2.24, 2.45) is 13.0 Å². The zero-order chi connectivity index (χ0) is 18.3. The second-order valence-corrected chi connectivity index (χ2v) is 7.19. The summed E-state index contributed by atoms with van der Waals surface area (Å²) in [4.78, 5) is 12.8. The normalized spacial score (nSPS) is 20.4. The van der Waals surface area contributed by atoms with Gasteiger partial charge in [0, 0.05) is 41.9 Å². The number of nitrogens with zero attached hydrogens (tertiary/aromatic N) is 3. The molecule has 0 aliphatic heterocycles. The predicted octanol–water partition coefficient (Wildman–Crippen LogP) is 3.41. The Morgan fingerprint density at radius 2 is 2.15 bits per heavy atom. The van der Waals surface area contributed by atoms with Crippen molar-refractivity contribution in [3.8, 4) is 11.1 Å². The minimum absolute atomic E-state index is 0.168. The summed E-state index contributed by atoms with van der Waals surface area (Å²) in [6.07, 6.45) is 7.81. The Bertz CT molecular complexity index is 960. The quantitative estimate of drug-likeness (QED) is 0.756. The van der Waals surface area contributed by atoms with Crippen LogP contribution >= 0.6 is 0 Å². The number of benzene rings is 1. The fourth-order valence-electron chi connectivity index (χ4n) is 3.76. The van der Waals surface area contributed by atoms with Crippen molar-refractivity contribution < 1.29 is 9.18 Å². The molecule has 0 saturated heterocycles. The molecule has 4 rings (SSSR count). The Hall–Kier alpha value is -2.70. The van der Waals surface area contributed by atoms with E-state index >= 15 is 0 Å². The van der Waals surface area contributed by atoms with Gasteiger partial charge < -0.3 is 5.32 Å². The van der Waals surface area contributed by atoms with Crippen LogP contribution in [0.4, 0.5) is 4.39 Å². The number of carbonyl (C=O) groups is 1. The maximum Gasteiger partial charge on any atom is 0.272 e. The van der Waals surface area contributed by atoms with Gasteiger partial charge in [0.25, 0.3) is 5.91 Å². The van der Waals surface area contributed by atoms with Gasteiger partial charge >= 0.3 is 0 Å². The molecule has 2 atom stereocenters. The third-order valence-corrected chi connectivity index (χ3v) is 5.31. The van der Waals surface area contributed by atoms with Gasteiger partial charge in [-0.25, -0.2) is 4.39 Å². The summed E-state index contributed by atoms with van der Waals surface area (Å²) in [6, 6.07) is 3.22. The predicted molar refractivity (Wildman–Crippen MR) is 97.1 cm³/mol. The first-order valence-corrected chi connectivity index (χ1v) is 9.00. The van der Waals surface area contributed by atoms with Crippen molar-refractivity contribution in [2.75, 3.05) is 0 Å². The summed E-state index contributed by atoms with van der Waals surface area (Å²) in [5.74, 6) is -0.123. The van der Waals surface area contributed by atoms with Gasteiger partial charge in [-0.05, 0) is 24.8 Å². The third kappa shape index (κ3) is 2.98. The summed E-state index contributed by atoms with van der Waals surface area (Å²) in [7, 11) is 1.78. The summed E-state index contributed by atoms with van der Waals surface area (Å²) >= 11 is 0. The Balaban J connectivity index is 1.68. The zero-order valence-electron chi connectivity index (χ0n) is 14.9. The topological polar surface area (TPSA) is 75.6 Å². The van der Waals surface area contributed by atoms with E-state index in [0.717, 1.165) is 19.3 Å². The van der Waals surface area contributed by atoms with Gasteiger partial charge in [0.1, 0.15) is 5.82 Å². The van der Waals surface area contributed by atoms with E-state index in [1.807, 2.05) is 0 Å². The monoisotopic (exact) mass is 355 g/mol. The Kier molecular flexibility index (Phi) is 4.22. The standard InChI is InChI=1S/C19H22FN5O/c1-11-5-3-4-6-16(11)22-19(26)18-14-7-13(12-9-21-25(2)10-12)15(20)8-17(14)23-24-18/h7-11,16H,3-6H2,1-2H3,(H,22,26)(H,23,24)/t11-,16-/m1/s1. The number of amides is 1. The fourth-order valence-corrected chi connectivity index (χ4v) is 3.76. The van der Waals surface area contributed by atoms with Crippen LogP contribution in [-0.4, -0.2) is 31.9 Å². The van der Waals surface area contributed by atoms with E-state index < -0.39 is 0 Å². The maximum absolute atomic E-state index is 14.5. The molecule has 7 heteroatoms. The van der Waals surface area contributed by atoms with Gasteiger partial charge in [-0.3, -0.25) is 14.6 Å². The molecule has 0 bridgehead atoms. The van der Waals surface area contributed by atoms with Crippen molar-refractivity contribution in [2.45, 2.75) is 38.6 Å².